The van der Waals surface area contributed by atoms with Crippen LogP contribution in [-0.2, 0) is 9.59 Å². The summed E-state index contributed by atoms with van der Waals surface area (Å²) in [6.07, 6.45) is 10.1. The number of carbonyl (C=O) groups is 3. The molecule has 6 heteroatoms. The number of allylic oxidation sites excluding steroid dienone is 2. The number of urea groups is 1. The maximum Gasteiger partial charge on any atom is 0.325 e. The average molecular weight is 317 g/mol. The molecular formula is C17H23N3O3. The van der Waals surface area contributed by atoms with Crippen molar-refractivity contribution in [1.29, 1.82) is 0 Å². The summed E-state index contributed by atoms with van der Waals surface area (Å²) in [4.78, 5) is 37.8. The minimum Gasteiger partial charge on any atom is -0.354 e. The van der Waals surface area contributed by atoms with Gasteiger partial charge in [0.2, 0.25) is 5.91 Å². The van der Waals surface area contributed by atoms with Gasteiger partial charge < -0.3 is 10.6 Å². The number of amides is 4. The maximum absolute atomic E-state index is 12.5. The molecule has 0 radical (unpaired) electrons. The molecule has 2 bridgehead atoms. The molecule has 4 rings (SSSR count). The molecule has 0 aromatic carbocycles. The summed E-state index contributed by atoms with van der Waals surface area (Å²) in [6, 6.07) is -0.421. The van der Waals surface area contributed by atoms with Crippen molar-refractivity contribution in [2.45, 2.75) is 44.1 Å². The molecule has 23 heavy (non-hydrogen) atoms. The molecule has 3 atom stereocenters. The fourth-order valence-electron chi connectivity index (χ4n) is 4.71. The zero-order chi connectivity index (χ0) is 16.0. The first-order valence-corrected chi connectivity index (χ1v) is 8.66. The Labute approximate surface area is 135 Å². The fourth-order valence-corrected chi connectivity index (χ4v) is 4.71. The Balaban J connectivity index is 1.31. The van der Waals surface area contributed by atoms with Gasteiger partial charge in [0.1, 0.15) is 12.1 Å². The summed E-state index contributed by atoms with van der Waals surface area (Å²) in [5.41, 5.74) is -0.729. The van der Waals surface area contributed by atoms with E-state index in [9.17, 15) is 14.4 Å². The van der Waals surface area contributed by atoms with Crippen molar-refractivity contribution in [2.24, 2.45) is 17.8 Å². The third-order valence-electron chi connectivity index (χ3n) is 5.98. The van der Waals surface area contributed by atoms with Crippen molar-refractivity contribution in [3.63, 3.8) is 0 Å². The largest absolute Gasteiger partial charge is 0.354 e. The number of carbonyl (C=O) groups excluding carboxylic acids is 3. The molecule has 124 valence electrons. The normalized spacial score (nSPS) is 33.7. The van der Waals surface area contributed by atoms with Gasteiger partial charge in [0.15, 0.2) is 0 Å². The van der Waals surface area contributed by atoms with Crippen molar-refractivity contribution in [3.8, 4) is 0 Å². The van der Waals surface area contributed by atoms with E-state index in [1.54, 1.807) is 0 Å². The van der Waals surface area contributed by atoms with Gasteiger partial charge in [-0.05, 0) is 43.4 Å². The maximum atomic E-state index is 12.5. The van der Waals surface area contributed by atoms with Crippen LogP contribution in [0.1, 0.15) is 38.5 Å². The van der Waals surface area contributed by atoms with Crippen LogP contribution in [0.4, 0.5) is 4.79 Å². The highest BCUT2D eigenvalue weighted by Crippen LogP contribution is 2.43. The molecule has 0 unspecified atom stereocenters. The summed E-state index contributed by atoms with van der Waals surface area (Å²) in [5, 5.41) is 5.71. The van der Waals surface area contributed by atoms with Crippen LogP contribution < -0.4 is 10.6 Å². The van der Waals surface area contributed by atoms with Crippen LogP contribution in [0, 0.1) is 17.8 Å². The van der Waals surface area contributed by atoms with E-state index < -0.39 is 11.6 Å². The molecule has 1 heterocycles. The van der Waals surface area contributed by atoms with Gasteiger partial charge >= 0.3 is 6.03 Å². The number of hydrogen-bond donors (Lipinski definition) is 2. The molecule has 0 aromatic rings. The van der Waals surface area contributed by atoms with E-state index >= 15 is 0 Å². The van der Waals surface area contributed by atoms with Crippen molar-refractivity contribution < 1.29 is 14.4 Å². The zero-order valence-electron chi connectivity index (χ0n) is 13.2. The molecule has 1 aliphatic heterocycles. The van der Waals surface area contributed by atoms with Crippen LogP contribution in [0.25, 0.3) is 0 Å². The van der Waals surface area contributed by atoms with Gasteiger partial charge in [-0.2, -0.15) is 0 Å². The molecule has 0 aromatic heterocycles. The third-order valence-corrected chi connectivity index (χ3v) is 5.98. The van der Waals surface area contributed by atoms with E-state index in [2.05, 4.69) is 22.8 Å². The van der Waals surface area contributed by atoms with Gasteiger partial charge in [-0.15, -0.1) is 0 Å². The fraction of sp³-hybridized carbons (Fsp3) is 0.706. The lowest BCUT2D eigenvalue weighted by Gasteiger charge is -2.21. The summed E-state index contributed by atoms with van der Waals surface area (Å²) in [7, 11) is 0. The van der Waals surface area contributed by atoms with Crippen LogP contribution >= 0.6 is 0 Å². The predicted octanol–water partition coefficient (Wildman–Crippen LogP) is 1.18. The summed E-state index contributed by atoms with van der Waals surface area (Å²) >= 11 is 0. The highest BCUT2D eigenvalue weighted by molar-refractivity contribution is 6.09. The lowest BCUT2D eigenvalue weighted by atomic mass is 9.93. The number of rotatable bonds is 4. The Morgan fingerprint density at radius 2 is 2.04 bits per heavy atom. The zero-order valence-corrected chi connectivity index (χ0v) is 13.2. The van der Waals surface area contributed by atoms with Gasteiger partial charge in [-0.25, -0.2) is 4.79 Å². The second kappa shape index (κ2) is 5.35. The van der Waals surface area contributed by atoms with E-state index in [0.29, 0.717) is 37.1 Å². The van der Waals surface area contributed by atoms with Crippen molar-refractivity contribution in [3.05, 3.63) is 12.2 Å². The second-order valence-corrected chi connectivity index (χ2v) is 7.46. The Hall–Kier alpha value is -1.85. The quantitative estimate of drug-likeness (QED) is 0.604. The minimum absolute atomic E-state index is 0.164. The molecule has 2 N–H and O–H groups in total. The summed E-state index contributed by atoms with van der Waals surface area (Å²) in [5.74, 6) is 1.29. The van der Waals surface area contributed by atoms with E-state index in [1.165, 1.54) is 6.42 Å². The first-order valence-electron chi connectivity index (χ1n) is 8.66. The SMILES string of the molecule is O=C(CN1C(=O)NC2(CCCC2)C1=O)NC[C@@H]1C[C@H]2C=C[C@H]1C2. The van der Waals surface area contributed by atoms with Crippen molar-refractivity contribution in [2.75, 3.05) is 13.1 Å². The molecule has 3 aliphatic carbocycles. The highest BCUT2D eigenvalue weighted by atomic mass is 16.2. The average Bonchev–Trinajstić information content (AvgIpc) is 3.28. The third kappa shape index (κ3) is 2.44. The number of imide groups is 1. The van der Waals surface area contributed by atoms with Gasteiger partial charge in [0.25, 0.3) is 5.91 Å². The molecule has 6 nitrogen and oxygen atoms in total. The van der Waals surface area contributed by atoms with E-state index in [1.807, 2.05) is 0 Å². The lowest BCUT2D eigenvalue weighted by Crippen LogP contribution is -2.45. The molecule has 4 amide bonds. The number of nitrogens with one attached hydrogen (secondary N) is 2. The second-order valence-electron chi connectivity index (χ2n) is 7.46. The first-order chi connectivity index (χ1) is 11.1. The Bertz CT molecular complexity index is 580. The topological polar surface area (TPSA) is 78.5 Å². The van der Waals surface area contributed by atoms with Gasteiger partial charge in [0.05, 0.1) is 0 Å². The molecular weight excluding hydrogens is 294 g/mol. The molecule has 2 saturated carbocycles. The monoisotopic (exact) mass is 317 g/mol. The van der Waals surface area contributed by atoms with E-state index in [4.69, 9.17) is 0 Å². The lowest BCUT2D eigenvalue weighted by molar-refractivity contribution is -0.134. The Morgan fingerprint density at radius 1 is 1.26 bits per heavy atom. The number of nitrogens with zero attached hydrogens (tertiary/aromatic N) is 1. The standard InChI is InChI=1S/C17H23N3O3/c21-14(18-9-13-8-11-3-4-12(13)7-11)10-20-15(22)17(19-16(20)23)5-1-2-6-17/h3-4,11-13H,1-2,5-10H2,(H,18,21)(H,19,23)/t11-,12-,13-/m0/s1. The molecule has 4 aliphatic rings. The van der Waals surface area contributed by atoms with E-state index in [0.717, 1.165) is 24.2 Å². The number of hydrogen-bond acceptors (Lipinski definition) is 3. The Morgan fingerprint density at radius 3 is 2.70 bits per heavy atom. The van der Waals surface area contributed by atoms with Crippen LogP contribution in [0.5, 0.6) is 0 Å². The smallest absolute Gasteiger partial charge is 0.325 e. The Kier molecular flexibility index (Phi) is 3.43. The first kappa shape index (κ1) is 14.7. The van der Waals surface area contributed by atoms with Crippen LogP contribution in [0.15, 0.2) is 12.2 Å². The summed E-state index contributed by atoms with van der Waals surface area (Å²) in [6.45, 7) is 0.474. The van der Waals surface area contributed by atoms with E-state index in [-0.39, 0.29) is 18.4 Å². The number of fused-ring (bicyclic) bond motifs is 2. The molecule has 1 spiro atoms. The predicted molar refractivity (Wildman–Crippen MR) is 83.3 cm³/mol. The highest BCUT2D eigenvalue weighted by Gasteiger charge is 2.52. The van der Waals surface area contributed by atoms with Gasteiger partial charge in [-0.3, -0.25) is 14.5 Å². The van der Waals surface area contributed by atoms with Crippen molar-refractivity contribution in [1.82, 2.24) is 15.5 Å². The van der Waals surface area contributed by atoms with Gasteiger partial charge in [0, 0.05) is 6.54 Å². The summed E-state index contributed by atoms with van der Waals surface area (Å²) < 4.78 is 0. The van der Waals surface area contributed by atoms with Crippen LogP contribution in [0.3, 0.4) is 0 Å². The van der Waals surface area contributed by atoms with Gasteiger partial charge in [-0.1, -0.05) is 25.0 Å². The van der Waals surface area contributed by atoms with Crippen LogP contribution in [0.2, 0.25) is 0 Å². The minimum atomic E-state index is -0.729. The van der Waals surface area contributed by atoms with Crippen LogP contribution in [-0.4, -0.2) is 41.4 Å². The molecule has 3 fully saturated rings. The van der Waals surface area contributed by atoms with Crippen molar-refractivity contribution >= 4 is 17.8 Å². The molecule has 1 saturated heterocycles.